The Morgan fingerprint density at radius 3 is 2.61 bits per heavy atom. The first kappa shape index (κ1) is 19.9. The maximum Gasteiger partial charge on any atom is 0.252 e. The Morgan fingerprint density at radius 1 is 1.18 bits per heavy atom. The van der Waals surface area contributed by atoms with E-state index in [1.165, 1.54) is 11.8 Å². The summed E-state index contributed by atoms with van der Waals surface area (Å²) < 4.78 is 10.8. The van der Waals surface area contributed by atoms with Gasteiger partial charge in [-0.3, -0.25) is 4.79 Å². The average molecular weight is 398 g/mol. The fourth-order valence-corrected chi connectivity index (χ4v) is 3.44. The second-order valence-electron chi connectivity index (χ2n) is 6.51. The number of nitrogens with zero attached hydrogens (tertiary/aromatic N) is 2. The van der Waals surface area contributed by atoms with Crippen LogP contribution in [0.5, 0.6) is 5.75 Å². The predicted octanol–water partition coefficient (Wildman–Crippen LogP) is 4.39. The van der Waals surface area contributed by atoms with Crippen molar-refractivity contribution in [1.82, 2.24) is 15.5 Å². The number of amides is 1. The van der Waals surface area contributed by atoms with Gasteiger partial charge in [-0.2, -0.15) is 4.98 Å². The Hall–Kier alpha value is -2.80. The van der Waals surface area contributed by atoms with Gasteiger partial charge in [-0.05, 0) is 50.6 Å². The fraction of sp³-hybridized carbons (Fsp3) is 0.286. The topological polar surface area (TPSA) is 77.2 Å². The first-order valence-electron chi connectivity index (χ1n) is 9.06. The molecule has 0 atom stereocenters. The van der Waals surface area contributed by atoms with Gasteiger partial charge < -0.3 is 14.6 Å². The molecule has 0 aliphatic carbocycles. The van der Waals surface area contributed by atoms with Gasteiger partial charge in [0.25, 0.3) is 5.91 Å². The fourth-order valence-electron chi connectivity index (χ4n) is 2.55. The third kappa shape index (κ3) is 5.60. The molecule has 0 radical (unpaired) electrons. The monoisotopic (exact) mass is 397 g/mol. The Labute approximate surface area is 168 Å². The number of benzene rings is 2. The smallest absolute Gasteiger partial charge is 0.252 e. The first-order chi connectivity index (χ1) is 13.5. The molecule has 0 fully saturated rings. The Bertz CT molecular complexity index is 923. The van der Waals surface area contributed by atoms with E-state index in [0.29, 0.717) is 29.6 Å². The van der Waals surface area contributed by atoms with Gasteiger partial charge in [0.15, 0.2) is 5.82 Å². The van der Waals surface area contributed by atoms with E-state index in [1.54, 1.807) is 6.92 Å². The van der Waals surface area contributed by atoms with Crippen LogP contribution in [-0.4, -0.2) is 22.2 Å². The zero-order valence-corrected chi connectivity index (χ0v) is 17.0. The molecule has 3 rings (SSSR count). The van der Waals surface area contributed by atoms with E-state index in [-0.39, 0.29) is 12.0 Å². The normalized spacial score (nSPS) is 10.9. The molecule has 7 heteroatoms. The number of hydrogen-bond donors (Lipinski definition) is 1. The van der Waals surface area contributed by atoms with E-state index in [2.05, 4.69) is 15.5 Å². The van der Waals surface area contributed by atoms with E-state index in [1.807, 2.05) is 62.4 Å². The Morgan fingerprint density at radius 2 is 1.93 bits per heavy atom. The third-order valence-corrected chi connectivity index (χ3v) is 4.86. The second-order valence-corrected chi connectivity index (χ2v) is 7.53. The molecule has 2 aromatic carbocycles. The van der Waals surface area contributed by atoms with Crippen LogP contribution in [0, 0.1) is 6.92 Å². The highest BCUT2D eigenvalue weighted by molar-refractivity contribution is 7.98. The van der Waals surface area contributed by atoms with E-state index in [0.717, 1.165) is 16.2 Å². The standard InChI is InChI=1S/C21H23N3O3S/c1-14(2)26-17-10-8-16(9-11-17)12-22-21(25)18-6-4-5-7-19(18)28-13-20-23-15(3)24-27-20/h4-11,14H,12-13H2,1-3H3,(H,22,25). The lowest BCUT2D eigenvalue weighted by Crippen LogP contribution is -2.23. The van der Waals surface area contributed by atoms with Crippen molar-refractivity contribution in [3.63, 3.8) is 0 Å². The summed E-state index contributed by atoms with van der Waals surface area (Å²) in [5.74, 6) is 2.37. The van der Waals surface area contributed by atoms with Gasteiger partial charge in [-0.25, -0.2) is 0 Å². The van der Waals surface area contributed by atoms with E-state index >= 15 is 0 Å². The molecule has 0 unspecified atom stereocenters. The molecular weight excluding hydrogens is 374 g/mol. The predicted molar refractivity (Wildman–Crippen MR) is 108 cm³/mol. The summed E-state index contributed by atoms with van der Waals surface area (Å²) >= 11 is 1.50. The highest BCUT2D eigenvalue weighted by Gasteiger charge is 2.13. The number of rotatable bonds is 8. The molecule has 0 aliphatic rings. The molecule has 1 N–H and O–H groups in total. The van der Waals surface area contributed by atoms with Gasteiger partial charge in [0.1, 0.15) is 5.75 Å². The SMILES string of the molecule is Cc1noc(CSc2ccccc2C(=O)NCc2ccc(OC(C)C)cc2)n1. The molecule has 0 saturated heterocycles. The van der Waals surface area contributed by atoms with Crippen LogP contribution in [0.25, 0.3) is 0 Å². The molecular formula is C21H23N3O3S. The lowest BCUT2D eigenvalue weighted by molar-refractivity contribution is 0.0948. The summed E-state index contributed by atoms with van der Waals surface area (Å²) in [7, 11) is 0. The van der Waals surface area contributed by atoms with Gasteiger partial charge in [0.05, 0.1) is 17.4 Å². The quantitative estimate of drug-likeness (QED) is 0.568. The summed E-state index contributed by atoms with van der Waals surface area (Å²) in [6.07, 6.45) is 0.135. The van der Waals surface area contributed by atoms with E-state index < -0.39 is 0 Å². The number of ether oxygens (including phenoxy) is 1. The van der Waals surface area contributed by atoms with Crippen molar-refractivity contribution in [3.05, 3.63) is 71.4 Å². The Kier molecular flexibility index (Phi) is 6.71. The molecule has 0 saturated carbocycles. The molecule has 1 aromatic heterocycles. The highest BCUT2D eigenvalue weighted by atomic mass is 32.2. The van der Waals surface area contributed by atoms with Gasteiger partial charge in [0, 0.05) is 11.4 Å². The lowest BCUT2D eigenvalue weighted by atomic mass is 10.2. The van der Waals surface area contributed by atoms with Crippen LogP contribution in [0.3, 0.4) is 0 Å². The van der Waals surface area contributed by atoms with Gasteiger partial charge in [-0.15, -0.1) is 11.8 Å². The molecule has 6 nitrogen and oxygen atoms in total. The third-order valence-electron chi connectivity index (χ3n) is 3.80. The molecule has 28 heavy (non-hydrogen) atoms. The summed E-state index contributed by atoms with van der Waals surface area (Å²) in [5.41, 5.74) is 1.64. The van der Waals surface area contributed by atoms with Crippen molar-refractivity contribution < 1.29 is 14.1 Å². The summed E-state index contributed by atoms with van der Waals surface area (Å²) in [5, 5.41) is 6.76. The van der Waals surface area contributed by atoms with Crippen LogP contribution in [-0.2, 0) is 12.3 Å². The molecule has 0 aliphatic heterocycles. The molecule has 1 heterocycles. The number of hydrogen-bond acceptors (Lipinski definition) is 6. The lowest BCUT2D eigenvalue weighted by Gasteiger charge is -2.11. The maximum atomic E-state index is 12.7. The van der Waals surface area contributed by atoms with Crippen molar-refractivity contribution in [2.24, 2.45) is 0 Å². The van der Waals surface area contributed by atoms with Crippen molar-refractivity contribution in [2.45, 2.75) is 44.1 Å². The van der Waals surface area contributed by atoms with Crippen molar-refractivity contribution in [2.75, 3.05) is 0 Å². The van der Waals surface area contributed by atoms with Gasteiger partial charge in [0.2, 0.25) is 5.89 Å². The van der Waals surface area contributed by atoms with Crippen molar-refractivity contribution >= 4 is 17.7 Å². The number of carbonyl (C=O) groups is 1. The second kappa shape index (κ2) is 9.41. The number of aromatic nitrogens is 2. The van der Waals surface area contributed by atoms with Crippen molar-refractivity contribution in [1.29, 1.82) is 0 Å². The van der Waals surface area contributed by atoms with Crippen LogP contribution >= 0.6 is 11.8 Å². The van der Waals surface area contributed by atoms with Gasteiger partial charge in [-0.1, -0.05) is 29.4 Å². The summed E-state index contributed by atoms with van der Waals surface area (Å²) in [4.78, 5) is 17.7. The minimum Gasteiger partial charge on any atom is -0.491 e. The molecule has 0 spiro atoms. The zero-order valence-electron chi connectivity index (χ0n) is 16.1. The van der Waals surface area contributed by atoms with Crippen LogP contribution in [0.2, 0.25) is 0 Å². The van der Waals surface area contributed by atoms with Crippen LogP contribution in [0.1, 0.15) is 41.5 Å². The largest absolute Gasteiger partial charge is 0.491 e. The van der Waals surface area contributed by atoms with Crippen LogP contribution < -0.4 is 10.1 Å². The number of carbonyl (C=O) groups excluding carboxylic acids is 1. The molecule has 1 amide bonds. The average Bonchev–Trinajstić information content (AvgIpc) is 3.10. The van der Waals surface area contributed by atoms with Gasteiger partial charge >= 0.3 is 0 Å². The van der Waals surface area contributed by atoms with E-state index in [9.17, 15) is 4.79 Å². The minimum absolute atomic E-state index is 0.118. The summed E-state index contributed by atoms with van der Waals surface area (Å²) in [6, 6.07) is 15.2. The van der Waals surface area contributed by atoms with Crippen LogP contribution in [0.4, 0.5) is 0 Å². The van der Waals surface area contributed by atoms with Crippen molar-refractivity contribution in [3.8, 4) is 5.75 Å². The number of thioether (sulfide) groups is 1. The number of nitrogens with one attached hydrogen (secondary N) is 1. The zero-order chi connectivity index (χ0) is 19.9. The molecule has 146 valence electrons. The first-order valence-corrected chi connectivity index (χ1v) is 10.0. The van der Waals surface area contributed by atoms with Crippen LogP contribution in [0.15, 0.2) is 57.9 Å². The summed E-state index contributed by atoms with van der Waals surface area (Å²) in [6.45, 7) is 6.20. The molecule has 3 aromatic rings. The molecule has 0 bridgehead atoms. The highest BCUT2D eigenvalue weighted by Crippen LogP contribution is 2.26. The number of aryl methyl sites for hydroxylation is 1. The Balaban J connectivity index is 1.59. The van der Waals surface area contributed by atoms with E-state index in [4.69, 9.17) is 9.26 Å². The minimum atomic E-state index is -0.118. The maximum absolute atomic E-state index is 12.7.